The van der Waals surface area contributed by atoms with E-state index in [0.29, 0.717) is 11.1 Å². The Morgan fingerprint density at radius 3 is 2.64 bits per heavy atom. The van der Waals surface area contributed by atoms with Crippen LogP contribution in [0.4, 0.5) is 0 Å². The van der Waals surface area contributed by atoms with Gasteiger partial charge in [0, 0.05) is 11.1 Å². The van der Waals surface area contributed by atoms with E-state index in [1.54, 1.807) is 19.1 Å². The first-order valence-electron chi connectivity index (χ1n) is 4.31. The second-order valence-electron chi connectivity index (χ2n) is 3.14. The molecule has 0 radical (unpaired) electrons. The van der Waals surface area contributed by atoms with Crippen LogP contribution < -0.4 is 0 Å². The third-order valence-electron chi connectivity index (χ3n) is 2.04. The molecule has 0 fully saturated rings. The summed E-state index contributed by atoms with van der Waals surface area (Å²) in [7, 11) is 0. The molecule has 0 spiro atoms. The number of aldehydes is 1. The molecule has 0 saturated heterocycles. The third-order valence-corrected chi connectivity index (χ3v) is 2.46. The summed E-state index contributed by atoms with van der Waals surface area (Å²) in [6.45, 7) is 3.58. The molecule has 0 aliphatic carbocycles. The molecule has 1 rings (SSSR count). The number of aryl methyl sites for hydroxylation is 1. The third kappa shape index (κ3) is 2.10. The summed E-state index contributed by atoms with van der Waals surface area (Å²) in [6, 6.07) is 5.26. The fraction of sp³-hybridized carbons (Fsp3) is 0.273. The molecule has 0 aromatic heterocycles. The molecule has 2 nitrogen and oxygen atoms in total. The van der Waals surface area contributed by atoms with Crippen LogP contribution in [-0.2, 0) is 0 Å². The van der Waals surface area contributed by atoms with Gasteiger partial charge in [-0.1, -0.05) is 34.1 Å². The van der Waals surface area contributed by atoms with Crippen LogP contribution in [0.3, 0.4) is 0 Å². The van der Waals surface area contributed by atoms with Crippen molar-refractivity contribution in [1.82, 2.24) is 0 Å². The second kappa shape index (κ2) is 4.51. The van der Waals surface area contributed by atoms with E-state index in [9.17, 15) is 9.59 Å². The van der Waals surface area contributed by atoms with Crippen molar-refractivity contribution < 1.29 is 9.59 Å². The van der Waals surface area contributed by atoms with Crippen molar-refractivity contribution in [2.75, 3.05) is 0 Å². The zero-order valence-corrected chi connectivity index (χ0v) is 9.67. The molecule has 1 aromatic rings. The summed E-state index contributed by atoms with van der Waals surface area (Å²) >= 11 is 3.21. The Labute approximate surface area is 91.4 Å². The number of hydrogen-bond acceptors (Lipinski definition) is 2. The van der Waals surface area contributed by atoms with E-state index >= 15 is 0 Å². The number of hydrogen-bond donors (Lipinski definition) is 0. The summed E-state index contributed by atoms with van der Waals surface area (Å²) in [5, 5.41) is 0. The lowest BCUT2D eigenvalue weighted by Gasteiger charge is -2.08. The largest absolute Gasteiger partial charge is 0.298 e. The number of carbonyl (C=O) groups excluding carboxylic acids is 2. The van der Waals surface area contributed by atoms with Gasteiger partial charge in [0.1, 0.15) is 0 Å². The number of benzene rings is 1. The summed E-state index contributed by atoms with van der Waals surface area (Å²) in [5.74, 6) is -0.0507. The quantitative estimate of drug-likeness (QED) is 0.472. The lowest BCUT2D eigenvalue weighted by molar-refractivity contribution is 0.0988. The number of ketones is 1. The topological polar surface area (TPSA) is 34.1 Å². The number of carbonyl (C=O) groups is 2. The highest BCUT2D eigenvalue weighted by molar-refractivity contribution is 9.10. The fourth-order valence-electron chi connectivity index (χ4n) is 1.32. The highest BCUT2D eigenvalue weighted by Crippen LogP contribution is 2.17. The van der Waals surface area contributed by atoms with Gasteiger partial charge in [-0.2, -0.15) is 0 Å². The molecule has 0 heterocycles. The predicted molar refractivity (Wildman–Crippen MR) is 59.3 cm³/mol. The van der Waals surface area contributed by atoms with E-state index in [2.05, 4.69) is 15.9 Å². The number of alkyl halides is 1. The molecule has 1 atom stereocenters. The summed E-state index contributed by atoms with van der Waals surface area (Å²) in [4.78, 5) is 22.2. The molecular weight excluding hydrogens is 244 g/mol. The van der Waals surface area contributed by atoms with E-state index in [0.717, 1.165) is 11.8 Å². The molecule has 0 amide bonds. The molecule has 3 heteroatoms. The van der Waals surface area contributed by atoms with E-state index in [-0.39, 0.29) is 10.6 Å². The van der Waals surface area contributed by atoms with Crippen LogP contribution in [0.1, 0.15) is 33.2 Å². The van der Waals surface area contributed by atoms with Crippen molar-refractivity contribution in [2.24, 2.45) is 0 Å². The molecule has 0 aliphatic rings. The van der Waals surface area contributed by atoms with Crippen LogP contribution >= 0.6 is 15.9 Å². The van der Waals surface area contributed by atoms with Crippen molar-refractivity contribution in [2.45, 2.75) is 18.7 Å². The monoisotopic (exact) mass is 254 g/mol. The molecular formula is C11H11BrO2. The average Bonchev–Trinajstić information content (AvgIpc) is 2.16. The number of halogens is 1. The Morgan fingerprint density at radius 2 is 2.14 bits per heavy atom. The maximum atomic E-state index is 11.7. The molecule has 0 aliphatic heterocycles. The Bertz CT molecular complexity index is 370. The van der Waals surface area contributed by atoms with Crippen LogP contribution in [0.15, 0.2) is 18.2 Å². The maximum Gasteiger partial charge on any atom is 0.177 e. The predicted octanol–water partition coefficient (Wildman–Crippen LogP) is 2.77. The summed E-state index contributed by atoms with van der Waals surface area (Å²) < 4.78 is 0. The van der Waals surface area contributed by atoms with Crippen LogP contribution in [0.5, 0.6) is 0 Å². The summed E-state index contributed by atoms with van der Waals surface area (Å²) in [6.07, 6.45) is 0.718. The SMILES string of the molecule is Cc1cccc(C=O)c1C(=O)C(C)Br. The first-order valence-corrected chi connectivity index (χ1v) is 5.22. The van der Waals surface area contributed by atoms with Gasteiger partial charge in [0.05, 0.1) is 4.83 Å². The first kappa shape index (κ1) is 11.1. The van der Waals surface area contributed by atoms with E-state index in [4.69, 9.17) is 0 Å². The molecule has 1 unspecified atom stereocenters. The normalized spacial score (nSPS) is 12.2. The fourth-order valence-corrected chi connectivity index (χ4v) is 1.55. The van der Waals surface area contributed by atoms with E-state index < -0.39 is 0 Å². The van der Waals surface area contributed by atoms with E-state index in [1.165, 1.54) is 0 Å². The van der Waals surface area contributed by atoms with Crippen molar-refractivity contribution >= 4 is 28.0 Å². The van der Waals surface area contributed by atoms with Gasteiger partial charge in [0.15, 0.2) is 12.1 Å². The minimum absolute atomic E-state index is 0.0507. The van der Waals surface area contributed by atoms with Gasteiger partial charge in [0.25, 0.3) is 0 Å². The van der Waals surface area contributed by atoms with Gasteiger partial charge < -0.3 is 0 Å². The number of rotatable bonds is 3. The Kier molecular flexibility index (Phi) is 3.58. The van der Waals surface area contributed by atoms with Crippen LogP contribution in [0, 0.1) is 6.92 Å². The average molecular weight is 255 g/mol. The Balaban J connectivity index is 3.30. The van der Waals surface area contributed by atoms with E-state index in [1.807, 2.05) is 13.0 Å². The second-order valence-corrected chi connectivity index (χ2v) is 4.51. The highest BCUT2D eigenvalue weighted by atomic mass is 79.9. The van der Waals surface area contributed by atoms with Crippen LogP contribution in [0.2, 0.25) is 0 Å². The van der Waals surface area contributed by atoms with Crippen molar-refractivity contribution in [3.8, 4) is 0 Å². The molecule has 0 bridgehead atoms. The zero-order chi connectivity index (χ0) is 10.7. The van der Waals surface area contributed by atoms with Gasteiger partial charge in [-0.25, -0.2) is 0 Å². The molecule has 74 valence electrons. The smallest absolute Gasteiger partial charge is 0.177 e. The van der Waals surface area contributed by atoms with Crippen LogP contribution in [-0.4, -0.2) is 16.9 Å². The minimum Gasteiger partial charge on any atom is -0.298 e. The lowest BCUT2D eigenvalue weighted by atomic mass is 9.98. The van der Waals surface area contributed by atoms with Crippen molar-refractivity contribution in [3.05, 3.63) is 34.9 Å². The van der Waals surface area contributed by atoms with Gasteiger partial charge in [-0.15, -0.1) is 0 Å². The van der Waals surface area contributed by atoms with Gasteiger partial charge in [0.2, 0.25) is 0 Å². The Hall–Kier alpha value is -0.960. The zero-order valence-electron chi connectivity index (χ0n) is 8.08. The maximum absolute atomic E-state index is 11.7. The Morgan fingerprint density at radius 1 is 1.50 bits per heavy atom. The molecule has 0 saturated carbocycles. The molecule has 0 N–H and O–H groups in total. The van der Waals surface area contributed by atoms with Crippen molar-refractivity contribution in [1.29, 1.82) is 0 Å². The minimum atomic E-state index is -0.262. The van der Waals surface area contributed by atoms with Crippen molar-refractivity contribution in [3.63, 3.8) is 0 Å². The van der Waals surface area contributed by atoms with Gasteiger partial charge in [-0.05, 0) is 19.4 Å². The van der Waals surface area contributed by atoms with Gasteiger partial charge in [-0.3, -0.25) is 9.59 Å². The first-order chi connectivity index (χ1) is 6.57. The van der Waals surface area contributed by atoms with Crippen LogP contribution in [0.25, 0.3) is 0 Å². The van der Waals surface area contributed by atoms with Gasteiger partial charge >= 0.3 is 0 Å². The standard InChI is InChI=1S/C11H11BrO2/c1-7-4-3-5-9(6-13)10(7)11(14)8(2)12/h3-6,8H,1-2H3. The molecule has 1 aromatic carbocycles. The summed E-state index contributed by atoms with van der Waals surface area (Å²) in [5.41, 5.74) is 1.82. The highest BCUT2D eigenvalue weighted by Gasteiger charge is 2.17. The number of Topliss-reactive ketones (excluding diaryl/α,β-unsaturated/α-hetero) is 1. The lowest BCUT2D eigenvalue weighted by Crippen LogP contribution is -2.14. The molecule has 14 heavy (non-hydrogen) atoms.